The molecule has 2 aromatic rings. The zero-order valence-corrected chi connectivity index (χ0v) is 11.2. The average Bonchev–Trinajstić information content (AvgIpc) is 2.47. The first-order valence-electron chi connectivity index (χ1n) is 6.05. The molecule has 0 amide bonds. The van der Waals surface area contributed by atoms with Gasteiger partial charge in [-0.1, -0.05) is 30.3 Å². The van der Waals surface area contributed by atoms with E-state index >= 15 is 0 Å². The molecule has 0 aromatic heterocycles. The molecule has 0 aliphatic heterocycles. The summed E-state index contributed by atoms with van der Waals surface area (Å²) >= 11 is 0. The van der Waals surface area contributed by atoms with Gasteiger partial charge in [-0.2, -0.15) is 5.10 Å². The number of benzene rings is 2. The molecule has 2 rings (SSSR count). The maximum atomic E-state index is 5.21. The van der Waals surface area contributed by atoms with Crippen LogP contribution in [0.3, 0.4) is 0 Å². The Hall–Kier alpha value is -2.82. The van der Waals surface area contributed by atoms with Crippen LogP contribution in [0.2, 0.25) is 0 Å². The topological polar surface area (TPSA) is 86.0 Å². The highest BCUT2D eigenvalue weighted by Gasteiger charge is 1.99. The first-order chi connectivity index (χ1) is 9.69. The zero-order valence-electron chi connectivity index (χ0n) is 11.2. The lowest BCUT2D eigenvalue weighted by Gasteiger charge is -2.04. The van der Waals surface area contributed by atoms with Crippen LogP contribution in [0.25, 0.3) is 11.1 Å². The molecule has 4 N–H and O–H groups in total. The lowest BCUT2D eigenvalue weighted by molar-refractivity contribution is 0.415. The highest BCUT2D eigenvalue weighted by molar-refractivity contribution is 5.83. The van der Waals surface area contributed by atoms with Crippen LogP contribution in [0.5, 0.6) is 5.75 Å². The van der Waals surface area contributed by atoms with E-state index in [1.54, 1.807) is 13.3 Å². The monoisotopic (exact) mass is 268 g/mol. The van der Waals surface area contributed by atoms with Crippen molar-refractivity contribution in [3.05, 3.63) is 54.1 Å². The van der Waals surface area contributed by atoms with Crippen LogP contribution < -0.4 is 16.2 Å². The summed E-state index contributed by atoms with van der Waals surface area (Å²) in [5.74, 6) is 0.770. The third kappa shape index (κ3) is 3.58. The number of ether oxygens (including phenoxy) is 1. The van der Waals surface area contributed by atoms with Crippen LogP contribution in [0.4, 0.5) is 0 Å². The largest absolute Gasteiger partial charge is 0.497 e. The van der Waals surface area contributed by atoms with Gasteiger partial charge in [0.2, 0.25) is 5.96 Å². The number of rotatable bonds is 4. The van der Waals surface area contributed by atoms with Crippen LogP contribution in [-0.2, 0) is 0 Å². The summed E-state index contributed by atoms with van der Waals surface area (Å²) in [5.41, 5.74) is 13.5. The predicted molar refractivity (Wildman–Crippen MR) is 81.8 cm³/mol. The Bertz CT molecular complexity index is 629. The number of hydrogen-bond donors (Lipinski definition) is 2. The van der Waals surface area contributed by atoms with E-state index < -0.39 is 0 Å². The molecule has 0 unspecified atom stereocenters. The zero-order chi connectivity index (χ0) is 14.4. The van der Waals surface area contributed by atoms with Gasteiger partial charge in [0.1, 0.15) is 5.75 Å². The second kappa shape index (κ2) is 6.38. The summed E-state index contributed by atoms with van der Waals surface area (Å²) in [6.45, 7) is 0. The van der Waals surface area contributed by atoms with Gasteiger partial charge in [-0.25, -0.2) is 0 Å². The van der Waals surface area contributed by atoms with Crippen LogP contribution in [-0.4, -0.2) is 19.3 Å². The second-order valence-electron chi connectivity index (χ2n) is 4.12. The number of hydrogen-bond acceptors (Lipinski definition) is 3. The summed E-state index contributed by atoms with van der Waals surface area (Å²) in [6, 6.07) is 15.8. The Balaban J connectivity index is 2.24. The first kappa shape index (κ1) is 13.6. The maximum absolute atomic E-state index is 5.21. The molecule has 0 aliphatic carbocycles. The van der Waals surface area contributed by atoms with E-state index in [0.717, 1.165) is 22.4 Å². The summed E-state index contributed by atoms with van der Waals surface area (Å²) in [4.78, 5) is 0. The second-order valence-corrected chi connectivity index (χ2v) is 4.12. The molecule has 0 saturated heterocycles. The average molecular weight is 268 g/mol. The van der Waals surface area contributed by atoms with Gasteiger partial charge < -0.3 is 16.2 Å². The fraction of sp³-hybridized carbons (Fsp3) is 0.0667. The first-order valence-corrected chi connectivity index (χ1v) is 6.05. The normalized spacial score (nSPS) is 10.4. The van der Waals surface area contributed by atoms with Gasteiger partial charge in [-0.3, -0.25) is 0 Å². The lowest BCUT2D eigenvalue weighted by atomic mass is 10.0. The van der Waals surface area contributed by atoms with Crippen molar-refractivity contribution >= 4 is 12.2 Å². The molecule has 0 fully saturated rings. The van der Waals surface area contributed by atoms with Gasteiger partial charge in [-0.15, -0.1) is 5.10 Å². The van der Waals surface area contributed by atoms with E-state index in [2.05, 4.69) is 10.2 Å². The number of nitrogens with two attached hydrogens (primary N) is 2. The minimum Gasteiger partial charge on any atom is -0.497 e. The fourth-order valence-electron chi connectivity index (χ4n) is 1.74. The Morgan fingerprint density at radius 2 is 1.80 bits per heavy atom. The summed E-state index contributed by atoms with van der Waals surface area (Å²) in [5, 5.41) is 7.37. The highest BCUT2D eigenvalue weighted by Crippen LogP contribution is 2.22. The number of nitrogens with zero attached hydrogens (tertiary/aromatic N) is 2. The molecule has 0 atom stereocenters. The van der Waals surface area contributed by atoms with E-state index in [4.69, 9.17) is 16.2 Å². The minimum absolute atomic E-state index is 0.0624. The third-order valence-corrected chi connectivity index (χ3v) is 2.69. The standard InChI is InChI=1S/C15H16N4O/c1-20-14-7-5-12(6-8-14)13-4-2-3-11(9-13)10-18-19-15(16)17/h2-10H,1H3,(H4,16,17,19). The molecular weight excluding hydrogens is 252 g/mol. The van der Waals surface area contributed by atoms with Gasteiger partial charge in [0, 0.05) is 0 Å². The molecule has 0 radical (unpaired) electrons. The van der Waals surface area contributed by atoms with Gasteiger partial charge in [0.15, 0.2) is 0 Å². The van der Waals surface area contributed by atoms with E-state index in [0.29, 0.717) is 0 Å². The Kier molecular flexibility index (Phi) is 4.34. The van der Waals surface area contributed by atoms with Gasteiger partial charge >= 0.3 is 0 Å². The summed E-state index contributed by atoms with van der Waals surface area (Å²) in [6.07, 6.45) is 1.60. The van der Waals surface area contributed by atoms with Crippen molar-refractivity contribution in [2.75, 3.05) is 7.11 Å². The Labute approximate surface area is 117 Å². The predicted octanol–water partition coefficient (Wildman–Crippen LogP) is 1.97. The van der Waals surface area contributed by atoms with Gasteiger partial charge in [-0.05, 0) is 34.9 Å². The minimum atomic E-state index is -0.0624. The van der Waals surface area contributed by atoms with Crippen LogP contribution >= 0.6 is 0 Å². The molecule has 0 heterocycles. The summed E-state index contributed by atoms with van der Waals surface area (Å²) in [7, 11) is 1.65. The number of guanidine groups is 1. The van der Waals surface area contributed by atoms with Gasteiger partial charge in [0.25, 0.3) is 0 Å². The van der Waals surface area contributed by atoms with E-state index in [-0.39, 0.29) is 5.96 Å². The van der Waals surface area contributed by atoms with Crippen LogP contribution in [0.15, 0.2) is 58.7 Å². The molecule has 0 spiro atoms. The van der Waals surface area contributed by atoms with Crippen molar-refractivity contribution < 1.29 is 4.74 Å². The van der Waals surface area contributed by atoms with Crippen molar-refractivity contribution in [3.8, 4) is 16.9 Å². The van der Waals surface area contributed by atoms with Crippen molar-refractivity contribution in [1.29, 1.82) is 0 Å². The van der Waals surface area contributed by atoms with Crippen molar-refractivity contribution in [2.45, 2.75) is 0 Å². The van der Waals surface area contributed by atoms with Crippen LogP contribution in [0, 0.1) is 0 Å². The van der Waals surface area contributed by atoms with Crippen LogP contribution in [0.1, 0.15) is 5.56 Å². The van der Waals surface area contributed by atoms with E-state index in [1.807, 2.05) is 48.5 Å². The molecular formula is C15H16N4O. The molecule has 102 valence electrons. The quantitative estimate of drug-likeness (QED) is 0.505. The third-order valence-electron chi connectivity index (χ3n) is 2.69. The van der Waals surface area contributed by atoms with E-state index in [1.165, 1.54) is 0 Å². The van der Waals surface area contributed by atoms with Crippen molar-refractivity contribution in [2.24, 2.45) is 21.7 Å². The smallest absolute Gasteiger partial charge is 0.211 e. The number of methoxy groups -OCH3 is 1. The summed E-state index contributed by atoms with van der Waals surface area (Å²) < 4.78 is 5.14. The fourth-order valence-corrected chi connectivity index (χ4v) is 1.74. The molecule has 0 saturated carbocycles. The highest BCUT2D eigenvalue weighted by atomic mass is 16.5. The molecule has 0 bridgehead atoms. The molecule has 5 nitrogen and oxygen atoms in total. The van der Waals surface area contributed by atoms with Gasteiger partial charge in [0.05, 0.1) is 13.3 Å². The lowest BCUT2D eigenvalue weighted by Crippen LogP contribution is -2.21. The molecule has 0 aliphatic rings. The van der Waals surface area contributed by atoms with Crippen molar-refractivity contribution in [1.82, 2.24) is 0 Å². The molecule has 2 aromatic carbocycles. The Morgan fingerprint density at radius 3 is 2.45 bits per heavy atom. The molecule has 20 heavy (non-hydrogen) atoms. The molecule has 5 heteroatoms. The maximum Gasteiger partial charge on any atom is 0.211 e. The SMILES string of the molecule is COc1ccc(-c2cccc(C=NN=C(N)N)c2)cc1. The van der Waals surface area contributed by atoms with Crippen molar-refractivity contribution in [3.63, 3.8) is 0 Å². The van der Waals surface area contributed by atoms with E-state index in [9.17, 15) is 0 Å². The Morgan fingerprint density at radius 1 is 1.05 bits per heavy atom.